The highest BCUT2D eigenvalue weighted by Gasteiger charge is 2.10. The van der Waals surface area contributed by atoms with Crippen molar-refractivity contribution in [3.63, 3.8) is 0 Å². The fourth-order valence-corrected chi connectivity index (χ4v) is 3.23. The third kappa shape index (κ3) is 2.55. The molecule has 0 aliphatic carbocycles. The van der Waals surface area contributed by atoms with E-state index in [0.717, 1.165) is 20.6 Å². The average Bonchev–Trinajstić information content (AvgIpc) is 2.67. The highest BCUT2D eigenvalue weighted by molar-refractivity contribution is 8.01. The van der Waals surface area contributed by atoms with Crippen molar-refractivity contribution in [1.29, 1.82) is 0 Å². The average molecular weight is 273 g/mol. The first kappa shape index (κ1) is 11.9. The van der Waals surface area contributed by atoms with Gasteiger partial charge in [0.25, 0.3) is 0 Å². The van der Waals surface area contributed by atoms with Gasteiger partial charge in [-0.1, -0.05) is 35.5 Å². The van der Waals surface area contributed by atoms with Gasteiger partial charge in [-0.3, -0.25) is 0 Å². The smallest absolute Gasteiger partial charge is 0.174 e. The molecule has 1 heterocycles. The minimum absolute atomic E-state index is 0.0271. The van der Waals surface area contributed by atoms with Gasteiger partial charge < -0.3 is 5.11 Å². The molecule has 0 atom stereocenters. The number of halogens is 1. The second-order valence-corrected chi connectivity index (χ2v) is 5.51. The molecule has 0 saturated heterocycles. The van der Waals surface area contributed by atoms with Crippen molar-refractivity contribution in [2.75, 3.05) is 0 Å². The van der Waals surface area contributed by atoms with Crippen molar-refractivity contribution in [3.05, 3.63) is 34.6 Å². The van der Waals surface area contributed by atoms with Gasteiger partial charge in [0.1, 0.15) is 5.82 Å². The molecule has 2 rings (SSSR count). The molecular weight excluding hydrogens is 264 g/mol. The Bertz CT molecular complexity index is 501. The number of benzene rings is 1. The van der Waals surface area contributed by atoms with Crippen LogP contribution < -0.4 is 0 Å². The van der Waals surface area contributed by atoms with Gasteiger partial charge in [-0.2, -0.15) is 4.37 Å². The fraction of sp³-hybridized carbons (Fsp3) is 0.200. The van der Waals surface area contributed by atoms with E-state index < -0.39 is 0 Å². The molecule has 1 aromatic carbocycles. The van der Waals surface area contributed by atoms with Crippen LogP contribution in [0.3, 0.4) is 0 Å². The van der Waals surface area contributed by atoms with Crippen LogP contribution in [0.1, 0.15) is 11.4 Å². The largest absolute Gasteiger partial charge is 0.392 e. The Labute approximate surface area is 107 Å². The van der Waals surface area contributed by atoms with Gasteiger partial charge >= 0.3 is 0 Å². The van der Waals surface area contributed by atoms with E-state index >= 15 is 0 Å². The van der Waals surface area contributed by atoms with Crippen molar-refractivity contribution in [2.45, 2.75) is 22.8 Å². The molecule has 0 bridgehead atoms. The third-order valence-electron chi connectivity index (χ3n) is 1.92. The molecule has 0 spiro atoms. The first-order chi connectivity index (χ1) is 7.70. The maximum atomic E-state index is 9.22. The van der Waals surface area contributed by atoms with Crippen LogP contribution in [0.2, 0.25) is 5.02 Å². The summed E-state index contributed by atoms with van der Waals surface area (Å²) in [5.74, 6) is 0.755. The Kier molecular flexibility index (Phi) is 3.81. The van der Waals surface area contributed by atoms with E-state index in [4.69, 9.17) is 11.6 Å². The molecule has 0 aliphatic heterocycles. The minimum atomic E-state index is -0.0271. The van der Waals surface area contributed by atoms with E-state index in [0.29, 0.717) is 5.02 Å². The summed E-state index contributed by atoms with van der Waals surface area (Å²) in [7, 11) is 0. The molecule has 6 heteroatoms. The molecule has 0 fully saturated rings. The molecule has 0 unspecified atom stereocenters. The summed E-state index contributed by atoms with van der Waals surface area (Å²) in [4.78, 5) is 5.10. The molecule has 0 radical (unpaired) electrons. The standard InChI is InChI=1S/C10H9ClN2OS2/c1-6-12-10(16-13-6)15-9-7(5-14)3-2-4-8(9)11/h2-4,14H,5H2,1H3. The van der Waals surface area contributed by atoms with Crippen molar-refractivity contribution < 1.29 is 5.11 Å². The van der Waals surface area contributed by atoms with Crippen LogP contribution in [0.5, 0.6) is 0 Å². The quantitative estimate of drug-likeness (QED) is 0.932. The summed E-state index contributed by atoms with van der Waals surface area (Å²) in [5, 5.41) is 9.85. The lowest BCUT2D eigenvalue weighted by atomic mass is 10.2. The fourth-order valence-electron chi connectivity index (χ4n) is 1.20. The number of nitrogens with zero attached hydrogens (tertiary/aromatic N) is 2. The molecule has 0 amide bonds. The lowest BCUT2D eigenvalue weighted by Crippen LogP contribution is -1.88. The zero-order valence-electron chi connectivity index (χ0n) is 8.48. The summed E-state index contributed by atoms with van der Waals surface area (Å²) >= 11 is 8.86. The van der Waals surface area contributed by atoms with Crippen LogP contribution in [0.25, 0.3) is 0 Å². The zero-order chi connectivity index (χ0) is 11.5. The van der Waals surface area contributed by atoms with Crippen LogP contribution >= 0.6 is 34.9 Å². The Hall–Kier alpha value is -0.620. The lowest BCUT2D eigenvalue weighted by molar-refractivity contribution is 0.279. The predicted octanol–water partition coefficient (Wildman–Crippen LogP) is 3.14. The number of aliphatic hydroxyl groups excluding tert-OH is 1. The van der Waals surface area contributed by atoms with E-state index in [1.807, 2.05) is 19.1 Å². The summed E-state index contributed by atoms with van der Waals surface area (Å²) in [6, 6.07) is 5.47. The van der Waals surface area contributed by atoms with Crippen LogP contribution in [0.4, 0.5) is 0 Å². The molecule has 84 valence electrons. The van der Waals surface area contributed by atoms with Crippen molar-refractivity contribution in [2.24, 2.45) is 0 Å². The van der Waals surface area contributed by atoms with Gasteiger partial charge in [-0.15, -0.1) is 0 Å². The number of aromatic nitrogens is 2. The SMILES string of the molecule is Cc1nsc(Sc2c(Cl)cccc2CO)n1. The predicted molar refractivity (Wildman–Crippen MR) is 66.1 cm³/mol. The minimum Gasteiger partial charge on any atom is -0.392 e. The normalized spacial score (nSPS) is 10.7. The van der Waals surface area contributed by atoms with Gasteiger partial charge in [0.2, 0.25) is 0 Å². The second kappa shape index (κ2) is 5.14. The Morgan fingerprint density at radius 2 is 2.31 bits per heavy atom. The van der Waals surface area contributed by atoms with Gasteiger partial charge in [0, 0.05) is 4.90 Å². The molecule has 3 nitrogen and oxygen atoms in total. The van der Waals surface area contributed by atoms with E-state index in [1.165, 1.54) is 23.3 Å². The summed E-state index contributed by atoms with van der Waals surface area (Å²) < 4.78 is 4.94. The van der Waals surface area contributed by atoms with Crippen molar-refractivity contribution in [1.82, 2.24) is 9.36 Å². The Balaban J connectivity index is 2.33. The van der Waals surface area contributed by atoms with Gasteiger partial charge in [-0.05, 0) is 30.1 Å². The monoisotopic (exact) mass is 272 g/mol. The van der Waals surface area contributed by atoms with Gasteiger partial charge in [-0.25, -0.2) is 4.98 Å². The molecule has 2 aromatic rings. The van der Waals surface area contributed by atoms with E-state index in [2.05, 4.69) is 9.36 Å². The zero-order valence-corrected chi connectivity index (χ0v) is 10.9. The highest BCUT2D eigenvalue weighted by atomic mass is 35.5. The van der Waals surface area contributed by atoms with E-state index in [-0.39, 0.29) is 6.61 Å². The number of hydrogen-bond acceptors (Lipinski definition) is 5. The Morgan fingerprint density at radius 1 is 1.50 bits per heavy atom. The van der Waals surface area contributed by atoms with Gasteiger partial charge in [0.05, 0.1) is 11.6 Å². The number of hydrogen-bond donors (Lipinski definition) is 1. The first-order valence-electron chi connectivity index (χ1n) is 4.57. The van der Waals surface area contributed by atoms with Crippen LogP contribution in [0.15, 0.2) is 27.4 Å². The van der Waals surface area contributed by atoms with Crippen LogP contribution in [-0.4, -0.2) is 14.5 Å². The molecule has 16 heavy (non-hydrogen) atoms. The lowest BCUT2D eigenvalue weighted by Gasteiger charge is -2.06. The molecule has 1 N–H and O–H groups in total. The van der Waals surface area contributed by atoms with Crippen molar-refractivity contribution >= 4 is 34.9 Å². The van der Waals surface area contributed by atoms with Crippen LogP contribution in [0, 0.1) is 6.92 Å². The topological polar surface area (TPSA) is 46.0 Å². The van der Waals surface area contributed by atoms with Crippen molar-refractivity contribution in [3.8, 4) is 0 Å². The highest BCUT2D eigenvalue weighted by Crippen LogP contribution is 2.36. The third-order valence-corrected chi connectivity index (χ3v) is 4.37. The molecule has 1 aromatic heterocycles. The molecule has 0 aliphatic rings. The second-order valence-electron chi connectivity index (χ2n) is 3.10. The summed E-state index contributed by atoms with van der Waals surface area (Å²) in [6.45, 7) is 1.82. The number of aliphatic hydroxyl groups is 1. The van der Waals surface area contributed by atoms with E-state index in [1.54, 1.807) is 6.07 Å². The molecule has 0 saturated carbocycles. The first-order valence-corrected chi connectivity index (χ1v) is 6.54. The number of aryl methyl sites for hydroxylation is 1. The Morgan fingerprint density at radius 3 is 2.94 bits per heavy atom. The molecular formula is C10H9ClN2OS2. The van der Waals surface area contributed by atoms with Gasteiger partial charge in [0.15, 0.2) is 4.34 Å². The summed E-state index contributed by atoms with van der Waals surface area (Å²) in [6.07, 6.45) is 0. The van der Waals surface area contributed by atoms with Crippen LogP contribution in [-0.2, 0) is 6.61 Å². The van der Waals surface area contributed by atoms with E-state index in [9.17, 15) is 5.11 Å². The number of rotatable bonds is 3. The maximum Gasteiger partial charge on any atom is 0.174 e. The maximum absolute atomic E-state index is 9.22. The summed E-state index contributed by atoms with van der Waals surface area (Å²) in [5.41, 5.74) is 0.811.